The van der Waals surface area contributed by atoms with Crippen LogP contribution in [0.25, 0.3) is 10.8 Å². The molecular weight excluding hydrogens is 674 g/mol. The summed E-state index contributed by atoms with van der Waals surface area (Å²) in [6, 6.07) is 15.7. The topological polar surface area (TPSA) is 152 Å². The van der Waals surface area contributed by atoms with E-state index in [1.807, 2.05) is 0 Å². The molecule has 0 radical (unpaired) electrons. The van der Waals surface area contributed by atoms with Gasteiger partial charge in [-0.15, -0.1) is 0 Å². The Labute approximate surface area is 264 Å². The third-order valence-electron chi connectivity index (χ3n) is 6.55. The summed E-state index contributed by atoms with van der Waals surface area (Å²) in [6.07, 6.45) is -3.26. The number of fused-ring (bicyclic) bond motifs is 1. The molecule has 0 saturated heterocycles. The van der Waals surface area contributed by atoms with Crippen molar-refractivity contribution in [1.29, 1.82) is 0 Å². The number of rotatable bonds is 13. The molecule has 0 amide bonds. The number of nitrogens with zero attached hydrogens (tertiary/aromatic N) is 3. The van der Waals surface area contributed by atoms with Crippen molar-refractivity contribution in [2.75, 3.05) is 48.7 Å². The number of sulfonamides is 3. The van der Waals surface area contributed by atoms with Gasteiger partial charge in [0, 0.05) is 23.9 Å². The third-order valence-corrected chi connectivity index (χ3v) is 10.9. The Kier molecular flexibility index (Phi) is 10.0. The Morgan fingerprint density at radius 1 is 0.739 bits per heavy atom. The molecule has 18 heteroatoms. The van der Waals surface area contributed by atoms with Crippen molar-refractivity contribution in [3.8, 4) is 11.5 Å². The Morgan fingerprint density at radius 3 is 1.67 bits per heavy atom. The Bertz CT molecular complexity index is 2030. The van der Waals surface area contributed by atoms with Crippen LogP contribution >= 0.6 is 0 Å². The molecule has 0 bridgehead atoms. The van der Waals surface area contributed by atoms with Crippen molar-refractivity contribution < 1.29 is 47.9 Å². The molecule has 248 valence electrons. The summed E-state index contributed by atoms with van der Waals surface area (Å²) in [6.45, 7) is -2.79. The molecule has 0 fully saturated rings. The summed E-state index contributed by atoms with van der Waals surface area (Å²) >= 11 is 0. The molecule has 1 N–H and O–H groups in total. The van der Waals surface area contributed by atoms with Gasteiger partial charge in [-0.05, 0) is 48.5 Å². The summed E-state index contributed by atoms with van der Waals surface area (Å²) < 4.78 is 134. The number of anilines is 2. The van der Waals surface area contributed by atoms with Gasteiger partial charge in [-0.2, -0.15) is 13.2 Å². The van der Waals surface area contributed by atoms with Crippen LogP contribution in [-0.2, 0) is 30.1 Å². The molecule has 4 aromatic rings. The van der Waals surface area contributed by atoms with E-state index in [4.69, 9.17) is 9.47 Å². The molecule has 0 aliphatic rings. The first-order valence-electron chi connectivity index (χ1n) is 13.2. The van der Waals surface area contributed by atoms with Gasteiger partial charge in [-0.3, -0.25) is 4.31 Å². The number of methoxy groups -OCH3 is 2. The van der Waals surface area contributed by atoms with Gasteiger partial charge < -0.3 is 9.47 Å². The van der Waals surface area contributed by atoms with E-state index in [1.54, 1.807) is 0 Å². The summed E-state index contributed by atoms with van der Waals surface area (Å²) in [7, 11) is -10.3. The maximum Gasteiger partial charge on any atom is 0.407 e. The maximum absolute atomic E-state index is 13.9. The van der Waals surface area contributed by atoms with E-state index < -0.39 is 66.5 Å². The first-order chi connectivity index (χ1) is 21.5. The van der Waals surface area contributed by atoms with Crippen LogP contribution < -0.4 is 22.8 Å². The third kappa shape index (κ3) is 7.80. The maximum atomic E-state index is 13.9. The zero-order valence-corrected chi connectivity index (χ0v) is 27.0. The molecule has 0 saturated carbocycles. The number of hydrogen-bond donors (Lipinski definition) is 1. The van der Waals surface area contributed by atoms with Gasteiger partial charge in [0.1, 0.15) is 23.9 Å². The van der Waals surface area contributed by atoms with E-state index in [9.17, 15) is 38.4 Å². The van der Waals surface area contributed by atoms with Gasteiger partial charge in [-0.25, -0.2) is 39.3 Å². The van der Waals surface area contributed by atoms with Crippen LogP contribution in [0.4, 0.5) is 24.7 Å². The first-order valence-corrected chi connectivity index (χ1v) is 18.0. The lowest BCUT2D eigenvalue weighted by molar-refractivity contribution is -0.117. The molecule has 1 heterocycles. The molecule has 0 spiro atoms. The second-order valence-corrected chi connectivity index (χ2v) is 15.3. The number of benzene rings is 3. The van der Waals surface area contributed by atoms with Crippen LogP contribution in [0.15, 0.2) is 88.8 Å². The first kappa shape index (κ1) is 34.7. The van der Waals surface area contributed by atoms with Crippen molar-refractivity contribution in [3.63, 3.8) is 0 Å². The molecule has 46 heavy (non-hydrogen) atoms. The van der Waals surface area contributed by atoms with Crippen molar-refractivity contribution in [2.45, 2.75) is 16.0 Å². The molecular formula is C28H29F3N4O8S3. The monoisotopic (exact) mass is 702 g/mol. The van der Waals surface area contributed by atoms with Crippen molar-refractivity contribution in [3.05, 3.63) is 79.0 Å². The van der Waals surface area contributed by atoms with Gasteiger partial charge in [0.2, 0.25) is 10.0 Å². The molecule has 3 aromatic carbocycles. The van der Waals surface area contributed by atoms with Gasteiger partial charge in [-0.1, -0.05) is 24.3 Å². The van der Waals surface area contributed by atoms with Crippen LogP contribution in [0.2, 0.25) is 0 Å². The van der Waals surface area contributed by atoms with E-state index >= 15 is 0 Å². The molecule has 4 rings (SSSR count). The average Bonchev–Trinajstić information content (AvgIpc) is 3.00. The molecule has 12 nitrogen and oxygen atoms in total. The van der Waals surface area contributed by atoms with Gasteiger partial charge in [0.05, 0.1) is 42.2 Å². The lowest BCUT2D eigenvalue weighted by atomic mass is 10.1. The van der Waals surface area contributed by atoms with Crippen LogP contribution in [0.3, 0.4) is 0 Å². The van der Waals surface area contributed by atoms with Gasteiger partial charge in [0.15, 0.2) is 0 Å². The minimum Gasteiger partial charge on any atom is -0.497 e. The fourth-order valence-electron chi connectivity index (χ4n) is 4.45. The standard InChI is InChI=1S/C28H29F3N4O8S3/c1-42-20-8-12-22(13-9-20)45(38,39)34(17-16-33-44(3,36)37)27-25-7-5-4-6-24(25)26(18-32-27)35(19-28(29,30)31)46(40,41)23-14-10-21(43-2)11-15-23/h4-15,18,33H,16-17,19H2,1-3H3. The molecule has 0 unspecified atom stereocenters. The Morgan fingerprint density at radius 2 is 1.22 bits per heavy atom. The van der Waals surface area contributed by atoms with Crippen LogP contribution in [0, 0.1) is 0 Å². The highest BCUT2D eigenvalue weighted by molar-refractivity contribution is 7.93. The van der Waals surface area contributed by atoms with E-state index in [2.05, 4.69) is 9.71 Å². The lowest BCUT2D eigenvalue weighted by Crippen LogP contribution is -2.40. The predicted octanol–water partition coefficient (Wildman–Crippen LogP) is 3.75. The highest BCUT2D eigenvalue weighted by Gasteiger charge is 2.39. The zero-order valence-electron chi connectivity index (χ0n) is 24.6. The van der Waals surface area contributed by atoms with Crippen molar-refractivity contribution in [2.24, 2.45) is 0 Å². The average molecular weight is 703 g/mol. The number of halogens is 3. The SMILES string of the molecule is COc1ccc(S(=O)(=O)N(CC(F)(F)F)c2cnc(N(CCNS(C)(=O)=O)S(=O)(=O)c3ccc(OC)cc3)c3ccccc23)cc1. The van der Waals surface area contributed by atoms with E-state index in [0.29, 0.717) is 5.75 Å². The van der Waals surface area contributed by atoms with Crippen LogP contribution in [-0.4, -0.2) is 76.5 Å². The minimum absolute atomic E-state index is 0.0199. The molecule has 0 aliphatic heterocycles. The van der Waals surface area contributed by atoms with Crippen molar-refractivity contribution >= 4 is 52.3 Å². The second-order valence-electron chi connectivity index (χ2n) is 9.73. The van der Waals surface area contributed by atoms with E-state index in [-0.39, 0.29) is 31.5 Å². The Hall–Kier alpha value is -4.13. The van der Waals surface area contributed by atoms with Crippen LogP contribution in [0.5, 0.6) is 11.5 Å². The smallest absolute Gasteiger partial charge is 0.407 e. The fourth-order valence-corrected chi connectivity index (χ4v) is 7.80. The summed E-state index contributed by atoms with van der Waals surface area (Å²) in [5, 5.41) is -0.0895. The summed E-state index contributed by atoms with van der Waals surface area (Å²) in [5.74, 6) is 0.362. The molecule has 0 aliphatic carbocycles. The lowest BCUT2D eigenvalue weighted by Gasteiger charge is -2.29. The second kappa shape index (κ2) is 13.3. The highest BCUT2D eigenvalue weighted by Crippen LogP contribution is 2.38. The number of hydrogen-bond acceptors (Lipinski definition) is 9. The van der Waals surface area contributed by atoms with Crippen molar-refractivity contribution in [1.82, 2.24) is 9.71 Å². The summed E-state index contributed by atoms with van der Waals surface area (Å²) in [5.41, 5.74) is -0.469. The fraction of sp³-hybridized carbons (Fsp3) is 0.250. The highest BCUT2D eigenvalue weighted by atomic mass is 32.2. The zero-order chi connectivity index (χ0) is 33.9. The molecule has 1 aromatic heterocycles. The number of aromatic nitrogens is 1. The van der Waals surface area contributed by atoms with Gasteiger partial charge in [0.25, 0.3) is 20.0 Å². The predicted molar refractivity (Wildman–Crippen MR) is 166 cm³/mol. The quantitative estimate of drug-likeness (QED) is 0.220. The minimum atomic E-state index is -4.99. The van der Waals surface area contributed by atoms with Crippen LogP contribution in [0.1, 0.15) is 0 Å². The van der Waals surface area contributed by atoms with E-state index in [1.165, 1.54) is 74.9 Å². The summed E-state index contributed by atoms with van der Waals surface area (Å²) in [4.78, 5) is 3.51. The number of ether oxygens (including phenoxy) is 2. The van der Waals surface area contributed by atoms with Gasteiger partial charge >= 0.3 is 6.18 Å². The Balaban J connectivity index is 1.92. The number of alkyl halides is 3. The largest absolute Gasteiger partial charge is 0.497 e. The number of pyridine rings is 1. The molecule has 0 atom stereocenters. The number of nitrogens with one attached hydrogen (secondary N) is 1. The van der Waals surface area contributed by atoms with E-state index in [0.717, 1.165) is 28.9 Å². The normalized spacial score (nSPS) is 12.6.